The summed E-state index contributed by atoms with van der Waals surface area (Å²) in [6.45, 7) is 3.32. The van der Waals surface area contributed by atoms with E-state index < -0.39 is 17.6 Å². The first-order chi connectivity index (χ1) is 8.20. The fourth-order valence-corrected chi connectivity index (χ4v) is 2.19. The van der Waals surface area contributed by atoms with Crippen molar-refractivity contribution < 1.29 is 19.8 Å². The molecule has 3 N–H and O–H groups in total. The van der Waals surface area contributed by atoms with E-state index in [1.54, 1.807) is 19.2 Å². The standard InChI is InChI=1S/C11H16N2O4S/c1-11(2,17)6-13(3)10(16)12-8-7(9(14)15)4-5-18-8/h4-5,17H,6H2,1-3H3,(H,12,16)(H,14,15). The Kier molecular flexibility index (Phi) is 4.31. The molecule has 18 heavy (non-hydrogen) atoms. The molecule has 0 radical (unpaired) electrons. The van der Waals surface area contributed by atoms with Crippen LogP contribution in [0.25, 0.3) is 0 Å². The third kappa shape index (κ3) is 4.01. The number of urea groups is 1. The second-order valence-corrected chi connectivity index (χ2v) is 5.48. The topological polar surface area (TPSA) is 89.9 Å². The highest BCUT2D eigenvalue weighted by Gasteiger charge is 2.21. The van der Waals surface area contributed by atoms with Gasteiger partial charge in [0.15, 0.2) is 0 Å². The average Bonchev–Trinajstić information content (AvgIpc) is 2.62. The van der Waals surface area contributed by atoms with Gasteiger partial charge in [-0.15, -0.1) is 11.3 Å². The van der Waals surface area contributed by atoms with Crippen molar-refractivity contribution in [3.05, 3.63) is 17.0 Å². The molecule has 100 valence electrons. The molecule has 1 rings (SSSR count). The second-order valence-electron chi connectivity index (χ2n) is 4.57. The molecule has 6 nitrogen and oxygen atoms in total. The molecule has 1 aromatic rings. The first-order valence-electron chi connectivity index (χ1n) is 5.26. The van der Waals surface area contributed by atoms with Gasteiger partial charge in [0.05, 0.1) is 17.7 Å². The van der Waals surface area contributed by atoms with Crippen molar-refractivity contribution >= 4 is 28.3 Å². The maximum absolute atomic E-state index is 11.8. The van der Waals surface area contributed by atoms with Crippen molar-refractivity contribution in [2.75, 3.05) is 18.9 Å². The van der Waals surface area contributed by atoms with E-state index in [4.69, 9.17) is 5.11 Å². The number of carboxylic acids is 1. The fourth-order valence-electron chi connectivity index (χ4n) is 1.42. The molecule has 0 spiro atoms. The zero-order valence-electron chi connectivity index (χ0n) is 10.4. The monoisotopic (exact) mass is 272 g/mol. The normalized spacial score (nSPS) is 11.1. The largest absolute Gasteiger partial charge is 0.478 e. The van der Waals surface area contributed by atoms with Gasteiger partial charge in [-0.3, -0.25) is 5.32 Å². The highest BCUT2D eigenvalue weighted by atomic mass is 32.1. The smallest absolute Gasteiger partial charge is 0.338 e. The molecular formula is C11H16N2O4S. The summed E-state index contributed by atoms with van der Waals surface area (Å²) in [5.41, 5.74) is -0.943. The molecule has 0 saturated heterocycles. The van der Waals surface area contributed by atoms with Gasteiger partial charge in [-0.2, -0.15) is 0 Å². The molecule has 0 fully saturated rings. The van der Waals surface area contributed by atoms with Crippen LogP contribution in [0.1, 0.15) is 24.2 Å². The molecule has 0 aromatic carbocycles. The average molecular weight is 272 g/mol. The summed E-state index contributed by atoms with van der Waals surface area (Å²) in [6, 6.07) is 0.973. The Morgan fingerprint density at radius 2 is 2.11 bits per heavy atom. The van der Waals surface area contributed by atoms with Crippen LogP contribution in [-0.2, 0) is 0 Å². The number of aromatic carboxylic acids is 1. The number of rotatable bonds is 4. The Morgan fingerprint density at radius 1 is 1.50 bits per heavy atom. The number of thiophene rings is 1. The number of nitrogens with zero attached hydrogens (tertiary/aromatic N) is 1. The third-order valence-corrected chi connectivity index (χ3v) is 2.92. The summed E-state index contributed by atoms with van der Waals surface area (Å²) >= 11 is 1.14. The summed E-state index contributed by atoms with van der Waals surface area (Å²) in [4.78, 5) is 23.9. The van der Waals surface area contributed by atoms with E-state index in [1.807, 2.05) is 0 Å². The number of aliphatic hydroxyl groups is 1. The van der Waals surface area contributed by atoms with E-state index in [-0.39, 0.29) is 17.1 Å². The van der Waals surface area contributed by atoms with Crippen LogP contribution in [0.4, 0.5) is 9.80 Å². The molecule has 0 atom stereocenters. The molecule has 0 saturated carbocycles. The maximum atomic E-state index is 11.8. The highest BCUT2D eigenvalue weighted by molar-refractivity contribution is 7.14. The number of carbonyl (C=O) groups excluding carboxylic acids is 1. The Bertz CT molecular complexity index is 450. The van der Waals surface area contributed by atoms with E-state index >= 15 is 0 Å². The SMILES string of the molecule is CN(CC(C)(C)O)C(=O)Nc1sccc1C(=O)O. The molecule has 1 heterocycles. The number of hydrogen-bond acceptors (Lipinski definition) is 4. The van der Waals surface area contributed by atoms with E-state index in [0.29, 0.717) is 0 Å². The molecular weight excluding hydrogens is 256 g/mol. The van der Waals surface area contributed by atoms with Crippen LogP contribution in [0, 0.1) is 0 Å². The number of carbonyl (C=O) groups is 2. The zero-order valence-corrected chi connectivity index (χ0v) is 11.2. The Labute approximate surface area is 109 Å². The lowest BCUT2D eigenvalue weighted by atomic mass is 10.1. The minimum atomic E-state index is -1.09. The first-order valence-corrected chi connectivity index (χ1v) is 6.14. The van der Waals surface area contributed by atoms with Crippen molar-refractivity contribution in [1.29, 1.82) is 0 Å². The van der Waals surface area contributed by atoms with Gasteiger partial charge in [-0.25, -0.2) is 9.59 Å². The van der Waals surface area contributed by atoms with Gasteiger partial charge in [0, 0.05) is 7.05 Å². The summed E-state index contributed by atoms with van der Waals surface area (Å²) in [6.07, 6.45) is 0. The third-order valence-electron chi connectivity index (χ3n) is 2.09. The van der Waals surface area contributed by atoms with E-state index in [9.17, 15) is 14.7 Å². The lowest BCUT2D eigenvalue weighted by molar-refractivity contribution is 0.0550. The number of carboxylic acid groups (broad SMARTS) is 1. The summed E-state index contributed by atoms with van der Waals surface area (Å²) in [5, 5.41) is 22.9. The zero-order chi connectivity index (χ0) is 13.9. The summed E-state index contributed by atoms with van der Waals surface area (Å²) < 4.78 is 0. The molecule has 0 aliphatic rings. The van der Waals surface area contributed by atoms with Crippen LogP contribution in [0.5, 0.6) is 0 Å². The number of likely N-dealkylation sites (N-methyl/N-ethyl adjacent to an activating group) is 1. The predicted octanol–water partition coefficient (Wildman–Crippen LogP) is 1.68. The van der Waals surface area contributed by atoms with E-state index in [2.05, 4.69) is 5.32 Å². The van der Waals surface area contributed by atoms with Crippen LogP contribution in [-0.4, -0.2) is 46.3 Å². The lowest BCUT2D eigenvalue weighted by Gasteiger charge is -2.25. The van der Waals surface area contributed by atoms with Gasteiger partial charge in [0.2, 0.25) is 0 Å². The summed E-state index contributed by atoms with van der Waals surface area (Å²) in [5.74, 6) is -1.09. The number of amides is 2. The minimum Gasteiger partial charge on any atom is -0.478 e. The second kappa shape index (κ2) is 5.36. The Hall–Kier alpha value is -1.60. The Balaban J connectivity index is 2.70. The van der Waals surface area contributed by atoms with Crippen molar-refractivity contribution in [1.82, 2.24) is 4.90 Å². The first kappa shape index (κ1) is 14.5. The molecule has 0 aliphatic carbocycles. The van der Waals surface area contributed by atoms with Gasteiger partial charge in [0.25, 0.3) is 0 Å². The minimum absolute atomic E-state index is 0.0602. The van der Waals surface area contributed by atoms with Gasteiger partial charge in [0.1, 0.15) is 5.00 Å². The van der Waals surface area contributed by atoms with Crippen LogP contribution < -0.4 is 5.32 Å². The molecule has 0 bridgehead atoms. The van der Waals surface area contributed by atoms with Gasteiger partial charge in [-0.05, 0) is 25.3 Å². The fraction of sp³-hybridized carbons (Fsp3) is 0.455. The van der Waals surface area contributed by atoms with Crippen molar-refractivity contribution in [3.63, 3.8) is 0 Å². The van der Waals surface area contributed by atoms with Crippen molar-refractivity contribution in [3.8, 4) is 0 Å². The van der Waals surface area contributed by atoms with Crippen LogP contribution in [0.15, 0.2) is 11.4 Å². The molecule has 1 aromatic heterocycles. The molecule has 2 amide bonds. The number of anilines is 1. The van der Waals surface area contributed by atoms with Gasteiger partial charge < -0.3 is 15.1 Å². The maximum Gasteiger partial charge on any atom is 0.338 e. The predicted molar refractivity (Wildman–Crippen MR) is 69.2 cm³/mol. The molecule has 0 aliphatic heterocycles. The van der Waals surface area contributed by atoms with E-state index in [0.717, 1.165) is 11.3 Å². The number of nitrogens with one attached hydrogen (secondary N) is 1. The van der Waals surface area contributed by atoms with Gasteiger partial charge in [-0.1, -0.05) is 0 Å². The molecule has 0 unspecified atom stereocenters. The summed E-state index contributed by atoms with van der Waals surface area (Å²) in [7, 11) is 1.53. The van der Waals surface area contributed by atoms with Crippen LogP contribution >= 0.6 is 11.3 Å². The van der Waals surface area contributed by atoms with Crippen LogP contribution in [0.3, 0.4) is 0 Å². The van der Waals surface area contributed by atoms with Gasteiger partial charge >= 0.3 is 12.0 Å². The lowest BCUT2D eigenvalue weighted by Crippen LogP contribution is -2.41. The highest BCUT2D eigenvalue weighted by Crippen LogP contribution is 2.23. The van der Waals surface area contributed by atoms with E-state index in [1.165, 1.54) is 18.0 Å². The van der Waals surface area contributed by atoms with Crippen LogP contribution in [0.2, 0.25) is 0 Å². The quantitative estimate of drug-likeness (QED) is 0.778. The Morgan fingerprint density at radius 3 is 2.61 bits per heavy atom. The molecule has 7 heteroatoms. The van der Waals surface area contributed by atoms with Crippen molar-refractivity contribution in [2.45, 2.75) is 19.4 Å². The van der Waals surface area contributed by atoms with Crippen molar-refractivity contribution in [2.24, 2.45) is 0 Å². The number of hydrogen-bond donors (Lipinski definition) is 3.